The van der Waals surface area contributed by atoms with E-state index in [4.69, 9.17) is 4.74 Å². The van der Waals surface area contributed by atoms with Gasteiger partial charge in [-0.05, 0) is 35.9 Å². The molecule has 2 aromatic rings. The van der Waals surface area contributed by atoms with E-state index >= 15 is 0 Å². The molecule has 0 aliphatic rings. The van der Waals surface area contributed by atoms with Gasteiger partial charge in [-0.2, -0.15) is 4.31 Å². The Morgan fingerprint density at radius 3 is 2.39 bits per heavy atom. The molecule has 0 spiro atoms. The molecule has 0 aliphatic carbocycles. The monoisotopic (exact) mass is 335 g/mol. The van der Waals surface area contributed by atoms with E-state index in [2.05, 4.69) is 0 Å². The molecule has 0 fully saturated rings. The number of rotatable bonds is 7. The molecule has 0 N–H and O–H groups in total. The smallest absolute Gasteiger partial charge is 0.236 e. The number of hydrogen-bond acceptors (Lipinski definition) is 3. The van der Waals surface area contributed by atoms with E-state index in [0.717, 1.165) is 5.56 Å². The normalized spacial score (nSPS) is 12.0. The Balaban J connectivity index is 1.87. The van der Waals surface area contributed by atoms with Crippen molar-refractivity contribution in [2.75, 3.05) is 20.2 Å². The van der Waals surface area contributed by atoms with Crippen LogP contribution in [0.1, 0.15) is 5.56 Å². The second-order valence-electron chi connectivity index (χ2n) is 4.88. The Kier molecular flexibility index (Phi) is 5.90. The van der Waals surface area contributed by atoms with Crippen LogP contribution in [0.3, 0.4) is 0 Å². The van der Waals surface area contributed by atoms with Gasteiger partial charge in [-0.25, -0.2) is 12.8 Å². The minimum Gasteiger partial charge on any atom is -0.492 e. The number of benzene rings is 2. The molecule has 0 saturated carbocycles. The molecular formula is C17H18FNO3S. The summed E-state index contributed by atoms with van der Waals surface area (Å²) in [6, 6.07) is 14.8. The average molecular weight is 335 g/mol. The van der Waals surface area contributed by atoms with Crippen LogP contribution < -0.4 is 4.74 Å². The fourth-order valence-electron chi connectivity index (χ4n) is 1.78. The molecule has 0 heterocycles. The molecule has 0 radical (unpaired) electrons. The summed E-state index contributed by atoms with van der Waals surface area (Å²) in [6.45, 7) is 0.374. The Bertz CT molecular complexity index is 743. The summed E-state index contributed by atoms with van der Waals surface area (Å²) < 4.78 is 43.6. The van der Waals surface area contributed by atoms with Crippen LogP contribution in [0.25, 0.3) is 6.08 Å². The fraction of sp³-hybridized carbons (Fsp3) is 0.176. The van der Waals surface area contributed by atoms with Crippen LogP contribution >= 0.6 is 0 Å². The average Bonchev–Trinajstić information content (AvgIpc) is 2.56. The third-order valence-corrected chi connectivity index (χ3v) is 4.69. The van der Waals surface area contributed by atoms with Gasteiger partial charge in [0, 0.05) is 19.0 Å². The van der Waals surface area contributed by atoms with Gasteiger partial charge in [0.2, 0.25) is 10.0 Å². The van der Waals surface area contributed by atoms with Gasteiger partial charge in [0.05, 0.1) is 0 Å². The molecule has 6 heteroatoms. The van der Waals surface area contributed by atoms with Gasteiger partial charge in [0.15, 0.2) is 0 Å². The van der Waals surface area contributed by atoms with Crippen molar-refractivity contribution in [3.05, 3.63) is 71.4 Å². The number of likely N-dealkylation sites (N-methyl/N-ethyl adjacent to an activating group) is 1. The Hall–Kier alpha value is -2.18. The van der Waals surface area contributed by atoms with E-state index in [9.17, 15) is 12.8 Å². The first-order valence-electron chi connectivity index (χ1n) is 7.05. The lowest BCUT2D eigenvalue weighted by molar-refractivity contribution is 0.287. The molecule has 23 heavy (non-hydrogen) atoms. The fourth-order valence-corrected chi connectivity index (χ4v) is 2.65. The lowest BCUT2D eigenvalue weighted by atomic mass is 10.2. The van der Waals surface area contributed by atoms with Crippen molar-refractivity contribution in [2.45, 2.75) is 0 Å². The standard InChI is InChI=1S/C17H18FNO3S/c1-19(12-13-22-17-9-7-16(18)8-10-17)23(20,21)14-11-15-5-3-2-4-6-15/h2-11,14H,12-13H2,1H3/b14-11+. The third-order valence-electron chi connectivity index (χ3n) is 3.16. The molecule has 0 aliphatic heterocycles. The van der Waals surface area contributed by atoms with E-state index < -0.39 is 10.0 Å². The number of halogens is 1. The van der Waals surface area contributed by atoms with Crippen molar-refractivity contribution >= 4 is 16.1 Å². The quantitative estimate of drug-likeness (QED) is 0.781. The summed E-state index contributed by atoms with van der Waals surface area (Å²) in [6.07, 6.45) is 1.55. The summed E-state index contributed by atoms with van der Waals surface area (Å²) >= 11 is 0. The zero-order chi connectivity index (χ0) is 16.7. The molecule has 0 unspecified atom stereocenters. The van der Waals surface area contributed by atoms with Crippen LogP contribution in [0.5, 0.6) is 5.75 Å². The summed E-state index contributed by atoms with van der Waals surface area (Å²) in [7, 11) is -2.02. The van der Waals surface area contributed by atoms with E-state index in [1.807, 2.05) is 30.3 Å². The van der Waals surface area contributed by atoms with Crippen molar-refractivity contribution in [2.24, 2.45) is 0 Å². The van der Waals surface area contributed by atoms with Crippen molar-refractivity contribution in [3.63, 3.8) is 0 Å². The van der Waals surface area contributed by atoms with Crippen molar-refractivity contribution in [1.29, 1.82) is 0 Å². The van der Waals surface area contributed by atoms with Crippen LogP contribution in [-0.2, 0) is 10.0 Å². The molecule has 0 bridgehead atoms. The van der Waals surface area contributed by atoms with Crippen LogP contribution in [0, 0.1) is 5.82 Å². The van der Waals surface area contributed by atoms with Gasteiger partial charge in [-0.1, -0.05) is 30.3 Å². The van der Waals surface area contributed by atoms with Gasteiger partial charge in [-0.15, -0.1) is 0 Å². The second-order valence-corrected chi connectivity index (χ2v) is 6.81. The SMILES string of the molecule is CN(CCOc1ccc(F)cc1)S(=O)(=O)/C=C/c1ccccc1. The van der Waals surface area contributed by atoms with Gasteiger partial charge in [-0.3, -0.25) is 0 Å². The largest absolute Gasteiger partial charge is 0.492 e. The van der Waals surface area contributed by atoms with Crippen LogP contribution in [-0.4, -0.2) is 32.9 Å². The number of sulfonamides is 1. The number of hydrogen-bond donors (Lipinski definition) is 0. The topological polar surface area (TPSA) is 46.6 Å². The third kappa shape index (κ3) is 5.50. The minimum atomic E-state index is -3.51. The highest BCUT2D eigenvalue weighted by Crippen LogP contribution is 2.11. The lowest BCUT2D eigenvalue weighted by Gasteiger charge is -2.15. The van der Waals surface area contributed by atoms with E-state index in [1.54, 1.807) is 6.08 Å². The Morgan fingerprint density at radius 2 is 1.74 bits per heavy atom. The predicted molar refractivity (Wildman–Crippen MR) is 88.9 cm³/mol. The summed E-state index contributed by atoms with van der Waals surface area (Å²) in [5.41, 5.74) is 0.812. The van der Waals surface area contributed by atoms with Gasteiger partial charge < -0.3 is 4.74 Å². The zero-order valence-electron chi connectivity index (χ0n) is 12.7. The highest BCUT2D eigenvalue weighted by molar-refractivity contribution is 7.92. The second kappa shape index (κ2) is 7.89. The molecule has 0 aromatic heterocycles. The maximum Gasteiger partial charge on any atom is 0.236 e. The highest BCUT2D eigenvalue weighted by atomic mass is 32.2. The maximum atomic E-state index is 12.8. The van der Waals surface area contributed by atoms with Crippen LogP contribution in [0.4, 0.5) is 4.39 Å². The van der Waals surface area contributed by atoms with E-state index in [-0.39, 0.29) is 19.0 Å². The first-order valence-corrected chi connectivity index (χ1v) is 8.55. The summed E-state index contributed by atoms with van der Waals surface area (Å²) in [5.74, 6) is 0.153. The molecular weight excluding hydrogens is 317 g/mol. The molecule has 0 amide bonds. The van der Waals surface area contributed by atoms with Gasteiger partial charge >= 0.3 is 0 Å². The highest BCUT2D eigenvalue weighted by Gasteiger charge is 2.13. The minimum absolute atomic E-state index is 0.181. The van der Waals surface area contributed by atoms with Crippen molar-refractivity contribution in [3.8, 4) is 5.75 Å². The molecule has 122 valence electrons. The first-order chi connectivity index (χ1) is 11.0. The van der Waals surface area contributed by atoms with Gasteiger partial charge in [0.25, 0.3) is 0 Å². The molecule has 0 atom stereocenters. The van der Waals surface area contributed by atoms with E-state index in [0.29, 0.717) is 5.75 Å². The Morgan fingerprint density at radius 1 is 1.09 bits per heavy atom. The molecule has 2 rings (SSSR count). The molecule has 2 aromatic carbocycles. The van der Waals surface area contributed by atoms with E-state index in [1.165, 1.54) is 41.0 Å². The lowest BCUT2D eigenvalue weighted by Crippen LogP contribution is -2.29. The first kappa shape index (κ1) is 17.2. The summed E-state index contributed by atoms with van der Waals surface area (Å²) in [5, 5.41) is 1.17. The van der Waals surface area contributed by atoms with Crippen LogP contribution in [0.15, 0.2) is 60.0 Å². The van der Waals surface area contributed by atoms with Crippen molar-refractivity contribution < 1.29 is 17.5 Å². The van der Waals surface area contributed by atoms with Crippen LogP contribution in [0.2, 0.25) is 0 Å². The number of ether oxygens (including phenoxy) is 1. The molecule has 0 saturated heterocycles. The van der Waals surface area contributed by atoms with Gasteiger partial charge in [0.1, 0.15) is 18.2 Å². The summed E-state index contributed by atoms with van der Waals surface area (Å²) in [4.78, 5) is 0. The molecule has 4 nitrogen and oxygen atoms in total. The number of nitrogens with zero attached hydrogens (tertiary/aromatic N) is 1. The maximum absolute atomic E-state index is 12.8. The van der Waals surface area contributed by atoms with Crippen molar-refractivity contribution in [1.82, 2.24) is 4.31 Å². The zero-order valence-corrected chi connectivity index (χ0v) is 13.5. The Labute approximate surface area is 135 Å². The predicted octanol–water partition coefficient (Wildman–Crippen LogP) is 3.14.